The molecule has 4 bridgehead atoms. The van der Waals surface area contributed by atoms with Crippen molar-refractivity contribution in [3.63, 3.8) is 0 Å². The lowest BCUT2D eigenvalue weighted by molar-refractivity contribution is -0.144. The average Bonchev–Trinajstić information content (AvgIpc) is 2.90. The number of carboxylic acids is 1. The summed E-state index contributed by atoms with van der Waals surface area (Å²) in [5.41, 5.74) is 4.22. The standard InChI is InChI=1S/C33H39NO4S/c1-19-10-29(39-31(37)34(3)4)25-14-23(6-8-26(25)32(19,2)30(35)36)24-7-9-28(38-5)27(15-24)33-16-20-11-21(17-33)13-22(12-20)18-33/h6-10,14-15,19-22H,11-13,16-18H2,1-5H3,(H,35,36). The molecule has 0 saturated heterocycles. The molecule has 39 heavy (non-hydrogen) atoms. The Morgan fingerprint density at radius 2 is 1.54 bits per heavy atom. The Morgan fingerprint density at radius 1 is 0.949 bits per heavy atom. The van der Waals surface area contributed by atoms with Crippen LogP contribution in [0.1, 0.15) is 69.1 Å². The number of rotatable bonds is 5. The zero-order valence-electron chi connectivity index (χ0n) is 23.6. The third-order valence-corrected chi connectivity index (χ3v) is 11.4. The fourth-order valence-corrected chi connectivity index (χ4v) is 9.36. The third kappa shape index (κ3) is 4.21. The van der Waals surface area contributed by atoms with Gasteiger partial charge in [0.15, 0.2) is 0 Å². The van der Waals surface area contributed by atoms with Gasteiger partial charge in [0.2, 0.25) is 0 Å². The normalized spacial score (nSPS) is 32.4. The van der Waals surface area contributed by atoms with Gasteiger partial charge in [0.05, 0.1) is 12.5 Å². The Bertz CT molecular complexity index is 1340. The smallest absolute Gasteiger partial charge is 0.314 e. The summed E-state index contributed by atoms with van der Waals surface area (Å²) in [7, 11) is 5.26. The lowest BCUT2D eigenvalue weighted by Gasteiger charge is -2.57. The molecule has 5 aliphatic rings. The Morgan fingerprint density at radius 3 is 2.10 bits per heavy atom. The van der Waals surface area contributed by atoms with Crippen LogP contribution >= 0.6 is 11.8 Å². The van der Waals surface area contributed by atoms with Crippen molar-refractivity contribution in [3.8, 4) is 16.9 Å². The van der Waals surface area contributed by atoms with Crippen LogP contribution in [0, 0.1) is 23.7 Å². The lowest BCUT2D eigenvalue weighted by Crippen LogP contribution is -2.48. The average molecular weight is 546 g/mol. The van der Waals surface area contributed by atoms with Crippen molar-refractivity contribution in [1.82, 2.24) is 4.90 Å². The molecule has 0 heterocycles. The number of allylic oxidation sites excluding steroid dienone is 1. The highest BCUT2D eigenvalue weighted by Crippen LogP contribution is 2.62. The highest BCUT2D eigenvalue weighted by molar-refractivity contribution is 8.21. The Hall–Kier alpha value is -2.73. The number of aliphatic carboxylic acids is 1. The van der Waals surface area contributed by atoms with Crippen LogP contribution in [0.15, 0.2) is 42.5 Å². The Kier molecular flexibility index (Phi) is 6.41. The lowest BCUT2D eigenvalue weighted by atomic mass is 9.48. The van der Waals surface area contributed by atoms with E-state index in [1.165, 1.54) is 55.9 Å². The fraction of sp³-hybridized carbons (Fsp3) is 0.515. The number of hydrogen-bond donors (Lipinski definition) is 1. The number of carbonyl (C=O) groups excluding carboxylic acids is 1. The van der Waals surface area contributed by atoms with E-state index in [2.05, 4.69) is 30.3 Å². The summed E-state index contributed by atoms with van der Waals surface area (Å²) in [5.74, 6) is 2.39. The zero-order chi connectivity index (χ0) is 27.7. The number of thioether (sulfide) groups is 1. The van der Waals surface area contributed by atoms with Crippen LogP contribution < -0.4 is 4.74 Å². The molecule has 1 amide bonds. The fourth-order valence-electron chi connectivity index (χ4n) is 8.44. The van der Waals surface area contributed by atoms with Gasteiger partial charge >= 0.3 is 5.97 Å². The molecule has 6 heteroatoms. The summed E-state index contributed by atoms with van der Waals surface area (Å²) >= 11 is 1.17. The van der Waals surface area contributed by atoms with Crippen molar-refractivity contribution >= 4 is 27.9 Å². The first-order valence-corrected chi connectivity index (χ1v) is 15.0. The summed E-state index contributed by atoms with van der Waals surface area (Å²) in [5, 5.41) is 10.2. The number of carbonyl (C=O) groups is 2. The Labute approximate surface area is 236 Å². The molecule has 4 fully saturated rings. The van der Waals surface area contributed by atoms with Crippen LogP contribution in [0.5, 0.6) is 5.75 Å². The topological polar surface area (TPSA) is 66.8 Å². The highest BCUT2D eigenvalue weighted by atomic mass is 32.2. The summed E-state index contributed by atoms with van der Waals surface area (Å²) in [6, 6.07) is 12.7. The first kappa shape index (κ1) is 26.5. The maximum Gasteiger partial charge on any atom is 0.314 e. The van der Waals surface area contributed by atoms with Gasteiger partial charge in [0.25, 0.3) is 5.24 Å². The molecule has 2 aromatic rings. The van der Waals surface area contributed by atoms with E-state index in [0.717, 1.165) is 50.7 Å². The molecule has 2 unspecified atom stereocenters. The molecular weight excluding hydrogens is 506 g/mol. The van der Waals surface area contributed by atoms with E-state index in [-0.39, 0.29) is 16.6 Å². The molecule has 0 aliphatic heterocycles. The van der Waals surface area contributed by atoms with E-state index in [1.807, 2.05) is 19.1 Å². The molecule has 4 saturated carbocycles. The number of carboxylic acid groups (broad SMARTS) is 1. The molecule has 0 radical (unpaired) electrons. The molecule has 1 N–H and O–H groups in total. The molecule has 2 aromatic carbocycles. The van der Waals surface area contributed by atoms with E-state index in [9.17, 15) is 14.7 Å². The number of benzene rings is 2. The molecule has 206 valence electrons. The molecule has 5 nitrogen and oxygen atoms in total. The predicted molar refractivity (Wildman–Crippen MR) is 157 cm³/mol. The van der Waals surface area contributed by atoms with Crippen LogP contribution in [0.25, 0.3) is 16.0 Å². The number of nitrogens with zero attached hydrogens (tertiary/aromatic N) is 1. The number of hydrogen-bond acceptors (Lipinski definition) is 4. The van der Waals surface area contributed by atoms with Crippen molar-refractivity contribution in [3.05, 3.63) is 59.2 Å². The minimum atomic E-state index is -1.07. The minimum Gasteiger partial charge on any atom is -0.496 e. The van der Waals surface area contributed by atoms with Crippen molar-refractivity contribution in [2.24, 2.45) is 23.7 Å². The minimum absolute atomic E-state index is 0.0720. The van der Waals surface area contributed by atoms with E-state index in [1.54, 1.807) is 33.0 Å². The number of ether oxygens (including phenoxy) is 1. The van der Waals surface area contributed by atoms with E-state index in [4.69, 9.17) is 4.74 Å². The van der Waals surface area contributed by atoms with Gasteiger partial charge in [-0.2, -0.15) is 0 Å². The van der Waals surface area contributed by atoms with E-state index in [0.29, 0.717) is 0 Å². The molecular formula is C33H39NO4S. The maximum atomic E-state index is 12.7. The van der Waals surface area contributed by atoms with Gasteiger partial charge in [-0.3, -0.25) is 9.59 Å². The monoisotopic (exact) mass is 545 g/mol. The molecule has 2 atom stereocenters. The molecule has 0 aromatic heterocycles. The SMILES string of the molecule is COc1ccc(-c2ccc3c(c2)C(SC(=O)N(C)C)=CC(C)C3(C)C(=O)O)cc1C12CC3CC(CC(C3)C1)C2. The second-order valence-corrected chi connectivity index (χ2v) is 14.0. The van der Waals surface area contributed by atoms with Crippen LogP contribution in [0.3, 0.4) is 0 Å². The van der Waals surface area contributed by atoms with E-state index >= 15 is 0 Å². The van der Waals surface area contributed by atoms with Gasteiger partial charge < -0.3 is 14.7 Å². The van der Waals surface area contributed by atoms with Crippen molar-refractivity contribution < 1.29 is 19.4 Å². The summed E-state index contributed by atoms with van der Waals surface area (Å²) in [6.45, 7) is 3.72. The predicted octanol–water partition coefficient (Wildman–Crippen LogP) is 7.58. The summed E-state index contributed by atoms with van der Waals surface area (Å²) < 4.78 is 5.95. The zero-order valence-corrected chi connectivity index (χ0v) is 24.4. The van der Waals surface area contributed by atoms with Crippen LogP contribution in [0.4, 0.5) is 4.79 Å². The van der Waals surface area contributed by atoms with Gasteiger partial charge in [0, 0.05) is 24.6 Å². The molecule has 7 rings (SSSR count). The van der Waals surface area contributed by atoms with Crippen molar-refractivity contribution in [2.45, 2.75) is 63.2 Å². The first-order valence-electron chi connectivity index (χ1n) is 14.2. The number of methoxy groups -OCH3 is 1. The first-order chi connectivity index (χ1) is 18.5. The largest absolute Gasteiger partial charge is 0.496 e. The maximum absolute atomic E-state index is 12.7. The van der Waals surface area contributed by atoms with Gasteiger partial charge in [-0.25, -0.2) is 0 Å². The number of fused-ring (bicyclic) bond motifs is 1. The van der Waals surface area contributed by atoms with Crippen LogP contribution in [0.2, 0.25) is 0 Å². The van der Waals surface area contributed by atoms with Crippen molar-refractivity contribution in [2.75, 3.05) is 21.2 Å². The van der Waals surface area contributed by atoms with Crippen LogP contribution in [-0.2, 0) is 15.6 Å². The third-order valence-electron chi connectivity index (χ3n) is 10.3. The van der Waals surface area contributed by atoms with Gasteiger partial charge in [-0.15, -0.1) is 0 Å². The van der Waals surface area contributed by atoms with Crippen LogP contribution in [-0.4, -0.2) is 42.4 Å². The molecule has 0 spiro atoms. The summed E-state index contributed by atoms with van der Waals surface area (Å²) in [6.07, 6.45) is 9.92. The second kappa shape index (κ2) is 9.43. The quantitative estimate of drug-likeness (QED) is 0.420. The van der Waals surface area contributed by atoms with E-state index < -0.39 is 11.4 Å². The highest BCUT2D eigenvalue weighted by Gasteiger charge is 2.52. The van der Waals surface area contributed by atoms with Gasteiger partial charge in [-0.05, 0) is 127 Å². The second-order valence-electron chi connectivity index (χ2n) is 13.0. The van der Waals surface area contributed by atoms with Crippen molar-refractivity contribution in [1.29, 1.82) is 0 Å². The number of amides is 1. The Balaban J connectivity index is 1.45. The van der Waals surface area contributed by atoms with Gasteiger partial charge in [-0.1, -0.05) is 31.2 Å². The summed E-state index contributed by atoms with van der Waals surface area (Å²) in [4.78, 5) is 27.6. The molecule has 5 aliphatic carbocycles. The van der Waals surface area contributed by atoms with Gasteiger partial charge in [0.1, 0.15) is 5.75 Å².